The number of aromatic nitrogens is 2. The fourth-order valence-corrected chi connectivity index (χ4v) is 2.20. The van der Waals surface area contributed by atoms with Crippen LogP contribution in [0.3, 0.4) is 0 Å². The summed E-state index contributed by atoms with van der Waals surface area (Å²) >= 11 is 0. The zero-order chi connectivity index (χ0) is 16.1. The van der Waals surface area contributed by atoms with Crippen LogP contribution in [0.25, 0.3) is 22.5 Å². The van der Waals surface area contributed by atoms with Crippen LogP contribution in [0.15, 0.2) is 67.0 Å². The Labute approximate surface area is 135 Å². The van der Waals surface area contributed by atoms with E-state index in [4.69, 9.17) is 4.74 Å². The third-order valence-corrected chi connectivity index (χ3v) is 3.37. The Hall–Kier alpha value is -2.72. The van der Waals surface area contributed by atoms with Crippen LogP contribution >= 0.6 is 0 Å². The molecule has 1 heterocycles. The molecule has 4 heteroatoms. The molecular weight excluding hydrogens is 288 g/mol. The number of rotatable bonds is 5. The molecular formula is C19H18N2O2. The Morgan fingerprint density at radius 3 is 2.04 bits per heavy atom. The summed E-state index contributed by atoms with van der Waals surface area (Å²) in [5.41, 5.74) is 3.29. The fourth-order valence-electron chi connectivity index (χ4n) is 2.20. The predicted octanol–water partition coefficient (Wildman–Crippen LogP) is 3.57. The van der Waals surface area contributed by atoms with E-state index in [9.17, 15) is 5.11 Å². The summed E-state index contributed by atoms with van der Waals surface area (Å²) in [4.78, 5) is 8.62. The molecule has 0 aliphatic rings. The molecule has 0 amide bonds. The van der Waals surface area contributed by atoms with Gasteiger partial charge in [0.25, 0.3) is 0 Å². The molecule has 0 radical (unpaired) electrons. The summed E-state index contributed by atoms with van der Waals surface area (Å²) in [6.45, 7) is 1.90. The number of hydrogen-bond acceptors (Lipinski definition) is 4. The van der Waals surface area contributed by atoms with Crippen molar-refractivity contribution in [2.75, 3.05) is 6.61 Å². The molecule has 3 aromatic rings. The van der Waals surface area contributed by atoms with Crippen molar-refractivity contribution >= 4 is 0 Å². The molecule has 0 fully saturated rings. The van der Waals surface area contributed by atoms with Crippen molar-refractivity contribution in [1.82, 2.24) is 9.97 Å². The molecule has 0 aliphatic heterocycles. The van der Waals surface area contributed by atoms with E-state index in [0.29, 0.717) is 11.6 Å². The van der Waals surface area contributed by atoms with Crippen molar-refractivity contribution in [2.45, 2.75) is 13.0 Å². The molecule has 0 aliphatic carbocycles. The molecule has 1 N–H and O–H groups in total. The van der Waals surface area contributed by atoms with Crippen LogP contribution in [0.4, 0.5) is 0 Å². The Bertz CT molecular complexity index is 739. The highest BCUT2D eigenvalue weighted by atomic mass is 16.5. The van der Waals surface area contributed by atoms with E-state index in [0.717, 1.165) is 11.1 Å². The first-order valence-electron chi connectivity index (χ1n) is 7.51. The SMILES string of the molecule is C[C@H](O)COc1cnc(-c2ccc(-c3ccccc3)cc2)nc1. The number of hydrogen-bond donors (Lipinski definition) is 1. The lowest BCUT2D eigenvalue weighted by Crippen LogP contribution is -2.13. The van der Waals surface area contributed by atoms with Gasteiger partial charge in [-0.2, -0.15) is 0 Å². The van der Waals surface area contributed by atoms with E-state index >= 15 is 0 Å². The largest absolute Gasteiger partial charge is 0.488 e. The van der Waals surface area contributed by atoms with Gasteiger partial charge in [0.05, 0.1) is 18.5 Å². The zero-order valence-corrected chi connectivity index (χ0v) is 12.9. The molecule has 116 valence electrons. The molecule has 0 bridgehead atoms. The lowest BCUT2D eigenvalue weighted by molar-refractivity contribution is 0.122. The van der Waals surface area contributed by atoms with Crippen LogP contribution in [0.2, 0.25) is 0 Å². The van der Waals surface area contributed by atoms with Gasteiger partial charge in [0.2, 0.25) is 0 Å². The molecule has 0 spiro atoms. The number of aliphatic hydroxyl groups excluding tert-OH is 1. The van der Waals surface area contributed by atoms with Crippen molar-refractivity contribution < 1.29 is 9.84 Å². The number of aliphatic hydroxyl groups is 1. The maximum atomic E-state index is 9.20. The first-order chi connectivity index (χ1) is 11.2. The first kappa shape index (κ1) is 15.2. The van der Waals surface area contributed by atoms with Crippen molar-refractivity contribution in [2.24, 2.45) is 0 Å². The van der Waals surface area contributed by atoms with Gasteiger partial charge >= 0.3 is 0 Å². The van der Waals surface area contributed by atoms with Gasteiger partial charge in [-0.15, -0.1) is 0 Å². The maximum absolute atomic E-state index is 9.20. The van der Waals surface area contributed by atoms with Gasteiger partial charge in [0, 0.05) is 5.56 Å². The Morgan fingerprint density at radius 2 is 1.43 bits per heavy atom. The number of benzene rings is 2. The number of nitrogens with zero attached hydrogens (tertiary/aromatic N) is 2. The third-order valence-electron chi connectivity index (χ3n) is 3.37. The van der Waals surface area contributed by atoms with Crippen molar-refractivity contribution in [1.29, 1.82) is 0 Å². The summed E-state index contributed by atoms with van der Waals surface area (Å²) in [6.07, 6.45) is 2.73. The molecule has 4 nitrogen and oxygen atoms in total. The summed E-state index contributed by atoms with van der Waals surface area (Å²) in [6, 6.07) is 18.4. The second-order valence-electron chi connectivity index (χ2n) is 5.35. The fraction of sp³-hybridized carbons (Fsp3) is 0.158. The Morgan fingerprint density at radius 1 is 0.870 bits per heavy atom. The summed E-state index contributed by atoms with van der Waals surface area (Å²) in [5.74, 6) is 1.20. The monoisotopic (exact) mass is 306 g/mol. The quantitative estimate of drug-likeness (QED) is 0.783. The van der Waals surface area contributed by atoms with Gasteiger partial charge in [-0.05, 0) is 18.1 Å². The van der Waals surface area contributed by atoms with E-state index < -0.39 is 6.10 Å². The van der Waals surface area contributed by atoms with Crippen LogP contribution in [-0.4, -0.2) is 27.8 Å². The van der Waals surface area contributed by atoms with Gasteiger partial charge < -0.3 is 9.84 Å². The van der Waals surface area contributed by atoms with Crippen molar-refractivity contribution in [3.63, 3.8) is 0 Å². The normalized spacial score (nSPS) is 11.9. The molecule has 0 unspecified atom stereocenters. The molecule has 23 heavy (non-hydrogen) atoms. The number of ether oxygens (including phenoxy) is 1. The van der Waals surface area contributed by atoms with Crippen LogP contribution in [0, 0.1) is 0 Å². The predicted molar refractivity (Wildman–Crippen MR) is 90.1 cm³/mol. The van der Waals surface area contributed by atoms with Crippen LogP contribution in [0.5, 0.6) is 5.75 Å². The Balaban J connectivity index is 1.74. The van der Waals surface area contributed by atoms with E-state index in [1.165, 1.54) is 5.56 Å². The summed E-state index contributed by atoms with van der Waals surface area (Å²) < 4.78 is 5.36. The molecule has 0 saturated heterocycles. The molecule has 1 aromatic heterocycles. The van der Waals surface area contributed by atoms with Crippen molar-refractivity contribution in [3.8, 4) is 28.3 Å². The molecule has 3 rings (SSSR count). The van der Waals surface area contributed by atoms with Gasteiger partial charge in [0.15, 0.2) is 11.6 Å². The van der Waals surface area contributed by atoms with Gasteiger partial charge in [0.1, 0.15) is 6.61 Å². The minimum absolute atomic E-state index is 0.231. The average molecular weight is 306 g/mol. The highest BCUT2D eigenvalue weighted by Gasteiger charge is 2.04. The van der Waals surface area contributed by atoms with Gasteiger partial charge in [-0.3, -0.25) is 0 Å². The van der Waals surface area contributed by atoms with Crippen molar-refractivity contribution in [3.05, 3.63) is 67.0 Å². The molecule has 1 atom stereocenters. The minimum Gasteiger partial charge on any atom is -0.488 e. The second-order valence-corrected chi connectivity index (χ2v) is 5.35. The smallest absolute Gasteiger partial charge is 0.159 e. The summed E-state index contributed by atoms with van der Waals surface area (Å²) in [7, 11) is 0. The van der Waals surface area contributed by atoms with E-state index in [1.807, 2.05) is 30.3 Å². The van der Waals surface area contributed by atoms with Gasteiger partial charge in [-0.1, -0.05) is 54.6 Å². The highest BCUT2D eigenvalue weighted by molar-refractivity contribution is 5.67. The average Bonchev–Trinajstić information content (AvgIpc) is 2.61. The van der Waals surface area contributed by atoms with Crippen LogP contribution in [-0.2, 0) is 0 Å². The molecule has 0 saturated carbocycles. The van der Waals surface area contributed by atoms with E-state index in [2.05, 4.69) is 34.2 Å². The third kappa shape index (κ3) is 3.93. The first-order valence-corrected chi connectivity index (χ1v) is 7.51. The standard InChI is InChI=1S/C19H18N2O2/c1-14(22)13-23-18-11-20-19(21-12-18)17-9-7-16(8-10-17)15-5-3-2-4-6-15/h2-12,14,22H,13H2,1H3/t14-/m0/s1. The van der Waals surface area contributed by atoms with E-state index in [1.54, 1.807) is 19.3 Å². The second kappa shape index (κ2) is 7.03. The zero-order valence-electron chi connectivity index (χ0n) is 12.9. The topological polar surface area (TPSA) is 55.2 Å². The van der Waals surface area contributed by atoms with Gasteiger partial charge in [-0.25, -0.2) is 9.97 Å². The highest BCUT2D eigenvalue weighted by Crippen LogP contribution is 2.23. The Kier molecular flexibility index (Phi) is 4.64. The van der Waals surface area contributed by atoms with E-state index in [-0.39, 0.29) is 6.61 Å². The van der Waals surface area contributed by atoms with Crippen LogP contribution in [0.1, 0.15) is 6.92 Å². The lowest BCUT2D eigenvalue weighted by atomic mass is 10.0. The van der Waals surface area contributed by atoms with Crippen LogP contribution < -0.4 is 4.74 Å². The minimum atomic E-state index is -0.514. The summed E-state index contributed by atoms with van der Waals surface area (Å²) in [5, 5.41) is 9.20. The lowest BCUT2D eigenvalue weighted by Gasteiger charge is -2.08. The maximum Gasteiger partial charge on any atom is 0.159 e. The molecule has 2 aromatic carbocycles.